The Morgan fingerprint density at radius 3 is 3.05 bits per heavy atom. The number of aromatic nitrogens is 2. The maximum absolute atomic E-state index is 11.0. The van der Waals surface area contributed by atoms with Crippen molar-refractivity contribution in [3.05, 3.63) is 30.1 Å². The summed E-state index contributed by atoms with van der Waals surface area (Å²) in [5.74, 6) is 1.22. The molecule has 0 spiro atoms. The monoisotopic (exact) mass is 279 g/mol. The number of alkyl carbamates (subject to hydrolysis) is 1. The molecule has 5 nitrogen and oxygen atoms in total. The average Bonchev–Trinajstić information content (AvgIpc) is 2.99. The molecule has 1 aromatic heterocycles. The summed E-state index contributed by atoms with van der Waals surface area (Å²) in [6.07, 6.45) is 0.345. The third kappa shape index (κ3) is 2.38. The van der Waals surface area contributed by atoms with Gasteiger partial charge in [-0.25, -0.2) is 9.78 Å². The van der Waals surface area contributed by atoms with Crippen LogP contribution in [0.3, 0.4) is 0 Å². The van der Waals surface area contributed by atoms with Crippen molar-refractivity contribution >= 4 is 28.7 Å². The Balaban J connectivity index is 1.81. The highest BCUT2D eigenvalue weighted by Crippen LogP contribution is 2.19. The standard InChI is InChI=1S/C13H14ClN3O2/c14-7-12-16-10-3-1-2-4-11(10)17(12)6-5-9-8-15-13(18)19-9/h1-4,9H,5-8H2,(H,15,18). The number of halogens is 1. The first-order chi connectivity index (χ1) is 9.28. The number of cyclic esters (lactones) is 1. The third-order valence-electron chi connectivity index (χ3n) is 3.28. The minimum atomic E-state index is -0.335. The first-order valence-corrected chi connectivity index (χ1v) is 6.76. The molecule has 1 aliphatic heterocycles. The van der Waals surface area contributed by atoms with E-state index in [9.17, 15) is 4.79 Å². The first-order valence-electron chi connectivity index (χ1n) is 6.22. The highest BCUT2D eigenvalue weighted by Gasteiger charge is 2.22. The number of aryl methyl sites for hydroxylation is 1. The summed E-state index contributed by atoms with van der Waals surface area (Å²) in [5.41, 5.74) is 2.01. The number of nitrogens with zero attached hydrogens (tertiary/aromatic N) is 2. The van der Waals surface area contributed by atoms with E-state index in [1.807, 2.05) is 24.3 Å². The minimum absolute atomic E-state index is 0.0724. The van der Waals surface area contributed by atoms with Gasteiger partial charge in [0.1, 0.15) is 11.9 Å². The third-order valence-corrected chi connectivity index (χ3v) is 3.51. The van der Waals surface area contributed by atoms with Crippen molar-refractivity contribution in [1.29, 1.82) is 0 Å². The predicted molar refractivity (Wildman–Crippen MR) is 72.2 cm³/mol. The van der Waals surface area contributed by atoms with E-state index in [4.69, 9.17) is 16.3 Å². The van der Waals surface area contributed by atoms with Crippen LogP contribution in [0, 0.1) is 0 Å². The van der Waals surface area contributed by atoms with Gasteiger partial charge in [0.25, 0.3) is 0 Å². The average molecular weight is 280 g/mol. The summed E-state index contributed by atoms with van der Waals surface area (Å²) in [6.45, 7) is 1.31. The van der Waals surface area contributed by atoms with Gasteiger partial charge in [-0.05, 0) is 12.1 Å². The molecule has 1 fully saturated rings. The van der Waals surface area contributed by atoms with Gasteiger partial charge in [-0.1, -0.05) is 12.1 Å². The summed E-state index contributed by atoms with van der Waals surface area (Å²) < 4.78 is 7.22. The van der Waals surface area contributed by atoms with E-state index in [1.165, 1.54) is 0 Å². The molecule has 0 bridgehead atoms. The van der Waals surface area contributed by atoms with Crippen LogP contribution in [0.25, 0.3) is 11.0 Å². The summed E-state index contributed by atoms with van der Waals surface area (Å²) in [5, 5.41) is 2.65. The van der Waals surface area contributed by atoms with Crippen molar-refractivity contribution in [2.75, 3.05) is 6.54 Å². The number of benzene rings is 1. The molecule has 0 saturated carbocycles. The van der Waals surface area contributed by atoms with Gasteiger partial charge < -0.3 is 14.6 Å². The molecule has 19 heavy (non-hydrogen) atoms. The Hall–Kier alpha value is -1.75. The summed E-state index contributed by atoms with van der Waals surface area (Å²) >= 11 is 5.94. The van der Waals surface area contributed by atoms with Crippen LogP contribution in [0.15, 0.2) is 24.3 Å². The number of hydrogen-bond acceptors (Lipinski definition) is 3. The molecule has 1 unspecified atom stereocenters. The molecule has 2 heterocycles. The number of hydrogen-bond donors (Lipinski definition) is 1. The molecule has 1 aromatic carbocycles. The lowest BCUT2D eigenvalue weighted by molar-refractivity contribution is 0.133. The van der Waals surface area contributed by atoms with Gasteiger partial charge in [0.2, 0.25) is 0 Å². The number of amides is 1. The van der Waals surface area contributed by atoms with Gasteiger partial charge in [0.05, 0.1) is 23.5 Å². The van der Waals surface area contributed by atoms with Crippen LogP contribution in [-0.2, 0) is 17.2 Å². The minimum Gasteiger partial charge on any atom is -0.444 e. The zero-order valence-electron chi connectivity index (χ0n) is 10.3. The van der Waals surface area contributed by atoms with E-state index in [0.29, 0.717) is 12.4 Å². The van der Waals surface area contributed by atoms with Crippen LogP contribution in [0.5, 0.6) is 0 Å². The molecule has 6 heteroatoms. The molecule has 0 aliphatic carbocycles. The lowest BCUT2D eigenvalue weighted by atomic mass is 10.2. The Kier molecular flexibility index (Phi) is 3.29. The molecule has 1 aliphatic rings. The summed E-state index contributed by atoms with van der Waals surface area (Å²) in [6, 6.07) is 7.94. The fourth-order valence-corrected chi connectivity index (χ4v) is 2.55. The van der Waals surface area contributed by atoms with Gasteiger partial charge in [-0.2, -0.15) is 0 Å². The number of rotatable bonds is 4. The number of carbonyl (C=O) groups excluding carboxylic acids is 1. The molecule has 0 radical (unpaired) electrons. The lowest BCUT2D eigenvalue weighted by Gasteiger charge is -2.11. The SMILES string of the molecule is O=C1NCC(CCn2c(CCl)nc3ccccc32)O1. The smallest absolute Gasteiger partial charge is 0.407 e. The molecule has 1 N–H and O–H groups in total. The van der Waals surface area contributed by atoms with Crippen LogP contribution in [0.4, 0.5) is 4.79 Å². The number of carbonyl (C=O) groups is 1. The molecule has 1 atom stereocenters. The van der Waals surface area contributed by atoms with E-state index in [2.05, 4.69) is 14.9 Å². The van der Waals surface area contributed by atoms with Crippen LogP contribution in [-0.4, -0.2) is 28.3 Å². The second kappa shape index (κ2) is 5.09. The Bertz CT molecular complexity index is 611. The maximum atomic E-state index is 11.0. The molecule has 1 amide bonds. The number of fused-ring (bicyclic) bond motifs is 1. The number of nitrogens with one attached hydrogen (secondary N) is 1. The highest BCUT2D eigenvalue weighted by molar-refractivity contribution is 6.16. The highest BCUT2D eigenvalue weighted by atomic mass is 35.5. The van der Waals surface area contributed by atoms with Gasteiger partial charge in [0, 0.05) is 13.0 Å². The number of alkyl halides is 1. The maximum Gasteiger partial charge on any atom is 0.407 e. The molecular weight excluding hydrogens is 266 g/mol. The van der Waals surface area contributed by atoms with Crippen LogP contribution in [0.1, 0.15) is 12.2 Å². The fraction of sp³-hybridized carbons (Fsp3) is 0.385. The van der Waals surface area contributed by atoms with Crippen molar-refractivity contribution in [2.45, 2.75) is 24.9 Å². The predicted octanol–water partition coefficient (Wildman–Crippen LogP) is 2.27. The van der Waals surface area contributed by atoms with E-state index >= 15 is 0 Å². The van der Waals surface area contributed by atoms with Crippen molar-refractivity contribution in [3.8, 4) is 0 Å². The lowest BCUT2D eigenvalue weighted by Crippen LogP contribution is -2.17. The van der Waals surface area contributed by atoms with Gasteiger partial charge >= 0.3 is 6.09 Å². The van der Waals surface area contributed by atoms with E-state index < -0.39 is 0 Å². The number of ether oxygens (including phenoxy) is 1. The van der Waals surface area contributed by atoms with Crippen LogP contribution < -0.4 is 5.32 Å². The van der Waals surface area contributed by atoms with Crippen molar-refractivity contribution < 1.29 is 9.53 Å². The van der Waals surface area contributed by atoms with Crippen LogP contribution >= 0.6 is 11.6 Å². The summed E-state index contributed by atoms with van der Waals surface area (Å²) in [7, 11) is 0. The molecule has 100 valence electrons. The molecular formula is C13H14ClN3O2. The quantitative estimate of drug-likeness (QED) is 0.874. The number of imidazole rings is 1. The van der Waals surface area contributed by atoms with Gasteiger partial charge in [-0.3, -0.25) is 0 Å². The van der Waals surface area contributed by atoms with E-state index in [1.54, 1.807) is 0 Å². The van der Waals surface area contributed by atoms with Crippen LogP contribution in [0.2, 0.25) is 0 Å². The number of para-hydroxylation sites is 2. The zero-order chi connectivity index (χ0) is 13.2. The van der Waals surface area contributed by atoms with Crippen molar-refractivity contribution in [1.82, 2.24) is 14.9 Å². The molecule has 3 rings (SSSR count). The van der Waals surface area contributed by atoms with Gasteiger partial charge in [-0.15, -0.1) is 11.6 Å². The van der Waals surface area contributed by atoms with Gasteiger partial charge in [0.15, 0.2) is 0 Å². The summed E-state index contributed by atoms with van der Waals surface area (Å²) in [4.78, 5) is 15.5. The second-order valence-corrected chi connectivity index (χ2v) is 4.77. The Morgan fingerprint density at radius 2 is 2.32 bits per heavy atom. The Morgan fingerprint density at radius 1 is 1.47 bits per heavy atom. The van der Waals surface area contributed by atoms with E-state index in [-0.39, 0.29) is 12.2 Å². The first kappa shape index (κ1) is 12.3. The normalized spacial score (nSPS) is 18.6. The second-order valence-electron chi connectivity index (χ2n) is 4.50. The van der Waals surface area contributed by atoms with Crippen molar-refractivity contribution in [3.63, 3.8) is 0 Å². The molecule has 2 aromatic rings. The largest absolute Gasteiger partial charge is 0.444 e. The fourth-order valence-electron chi connectivity index (χ4n) is 2.34. The Labute approximate surface area is 115 Å². The topological polar surface area (TPSA) is 56.2 Å². The van der Waals surface area contributed by atoms with Crippen molar-refractivity contribution in [2.24, 2.45) is 0 Å². The zero-order valence-corrected chi connectivity index (χ0v) is 11.1. The van der Waals surface area contributed by atoms with E-state index in [0.717, 1.165) is 29.8 Å². The molecule has 1 saturated heterocycles.